The molecule has 0 saturated carbocycles. The van der Waals surface area contributed by atoms with Gasteiger partial charge >= 0.3 is 11.9 Å². The van der Waals surface area contributed by atoms with E-state index < -0.39 is 0 Å². The minimum atomic E-state index is -0.200. The maximum absolute atomic E-state index is 11.8. The Morgan fingerprint density at radius 2 is 1.86 bits per heavy atom. The summed E-state index contributed by atoms with van der Waals surface area (Å²) in [5.41, 5.74) is 2.34. The van der Waals surface area contributed by atoms with E-state index in [0.717, 1.165) is 25.7 Å². The largest absolute Gasteiger partial charge is 0.469 e. The van der Waals surface area contributed by atoms with Crippen molar-refractivity contribution >= 4 is 11.9 Å². The van der Waals surface area contributed by atoms with E-state index in [2.05, 4.69) is 16.9 Å². The number of carbonyl (C=O) groups is 2. The summed E-state index contributed by atoms with van der Waals surface area (Å²) in [5.74, 6) is -0.390. The third kappa shape index (κ3) is 3.43. The smallest absolute Gasteiger partial charge is 0.306 e. The van der Waals surface area contributed by atoms with Gasteiger partial charge in [-0.15, -0.1) is 0 Å². The molecular weight excluding hydrogens is 268 g/mol. The van der Waals surface area contributed by atoms with Gasteiger partial charge in [0.25, 0.3) is 0 Å². The molecule has 4 nitrogen and oxygen atoms in total. The number of esters is 2. The molecule has 4 heteroatoms. The lowest BCUT2D eigenvalue weighted by molar-refractivity contribution is -0.142. The molecule has 0 aliphatic heterocycles. The predicted molar refractivity (Wildman–Crippen MR) is 78.9 cm³/mol. The van der Waals surface area contributed by atoms with Gasteiger partial charge in [0.05, 0.1) is 20.6 Å². The van der Waals surface area contributed by atoms with E-state index in [1.807, 2.05) is 12.1 Å². The molecule has 0 radical (unpaired) electrons. The Kier molecular flexibility index (Phi) is 4.99. The highest BCUT2D eigenvalue weighted by atomic mass is 16.5. The summed E-state index contributed by atoms with van der Waals surface area (Å²) in [7, 11) is 2.82. The molecule has 0 fully saturated rings. The second-order valence-electron chi connectivity index (χ2n) is 5.62. The average molecular weight is 290 g/mol. The normalized spacial score (nSPS) is 19.9. The molecule has 0 bridgehead atoms. The fourth-order valence-electron chi connectivity index (χ4n) is 3.32. The first kappa shape index (κ1) is 15.5. The van der Waals surface area contributed by atoms with Crippen LogP contribution in [0.1, 0.15) is 43.2 Å². The van der Waals surface area contributed by atoms with Gasteiger partial charge < -0.3 is 9.47 Å². The summed E-state index contributed by atoms with van der Waals surface area (Å²) in [5, 5.41) is 0. The zero-order chi connectivity index (χ0) is 15.3. The van der Waals surface area contributed by atoms with Crippen molar-refractivity contribution in [2.75, 3.05) is 14.2 Å². The topological polar surface area (TPSA) is 52.6 Å². The molecule has 2 rings (SSSR count). The number of benzene rings is 1. The Hall–Kier alpha value is -1.84. The standard InChI is InChI=1S/C17H22O4/c1-20-15(18)8-5-10-17(12-16(19)21-2)11-9-13-6-3-4-7-14(13)17/h3-4,6-7H,5,8-12H2,1-2H3. The van der Waals surface area contributed by atoms with Crippen molar-refractivity contribution in [3.63, 3.8) is 0 Å². The lowest BCUT2D eigenvalue weighted by Gasteiger charge is -2.29. The lowest BCUT2D eigenvalue weighted by atomic mass is 9.75. The molecule has 1 unspecified atom stereocenters. The summed E-state index contributed by atoms with van der Waals surface area (Å²) in [6, 6.07) is 8.26. The zero-order valence-electron chi connectivity index (χ0n) is 12.7. The number of aryl methyl sites for hydroxylation is 1. The Bertz CT molecular complexity index is 523. The van der Waals surface area contributed by atoms with Crippen LogP contribution in [0.5, 0.6) is 0 Å². The van der Waals surface area contributed by atoms with Gasteiger partial charge in [0.1, 0.15) is 0 Å². The first-order chi connectivity index (χ1) is 10.1. The Balaban J connectivity index is 2.17. The highest BCUT2D eigenvalue weighted by Crippen LogP contribution is 2.45. The summed E-state index contributed by atoms with van der Waals surface area (Å²) in [6.45, 7) is 0. The van der Waals surface area contributed by atoms with Gasteiger partial charge in [0, 0.05) is 11.8 Å². The predicted octanol–water partition coefficient (Wildman–Crippen LogP) is 2.78. The third-order valence-electron chi connectivity index (χ3n) is 4.44. The number of hydrogen-bond acceptors (Lipinski definition) is 4. The first-order valence-electron chi connectivity index (χ1n) is 7.33. The molecule has 0 N–H and O–H groups in total. The quantitative estimate of drug-likeness (QED) is 0.756. The zero-order valence-corrected chi connectivity index (χ0v) is 12.7. The second kappa shape index (κ2) is 6.74. The van der Waals surface area contributed by atoms with E-state index in [1.165, 1.54) is 25.3 Å². The fraction of sp³-hybridized carbons (Fsp3) is 0.529. The van der Waals surface area contributed by atoms with E-state index in [4.69, 9.17) is 4.74 Å². The van der Waals surface area contributed by atoms with Crippen molar-refractivity contribution in [3.8, 4) is 0 Å². The molecule has 21 heavy (non-hydrogen) atoms. The molecule has 1 aliphatic rings. The number of rotatable bonds is 6. The van der Waals surface area contributed by atoms with E-state index >= 15 is 0 Å². The van der Waals surface area contributed by atoms with Crippen LogP contribution in [0.25, 0.3) is 0 Å². The van der Waals surface area contributed by atoms with Crippen molar-refractivity contribution in [1.82, 2.24) is 0 Å². The molecule has 1 aromatic carbocycles. The molecule has 1 atom stereocenters. The van der Waals surface area contributed by atoms with Gasteiger partial charge in [0.15, 0.2) is 0 Å². The molecule has 1 aromatic rings. The van der Waals surface area contributed by atoms with E-state index in [1.54, 1.807) is 0 Å². The number of hydrogen-bond donors (Lipinski definition) is 0. The van der Waals surface area contributed by atoms with Gasteiger partial charge in [-0.1, -0.05) is 24.3 Å². The van der Waals surface area contributed by atoms with Gasteiger partial charge in [-0.25, -0.2) is 0 Å². The Morgan fingerprint density at radius 3 is 2.57 bits per heavy atom. The minimum absolute atomic E-state index is 0.190. The molecule has 0 amide bonds. The highest BCUT2D eigenvalue weighted by Gasteiger charge is 2.40. The first-order valence-corrected chi connectivity index (χ1v) is 7.33. The van der Waals surface area contributed by atoms with Crippen molar-refractivity contribution in [2.24, 2.45) is 0 Å². The van der Waals surface area contributed by atoms with Crippen molar-refractivity contribution in [2.45, 2.75) is 43.9 Å². The van der Waals surface area contributed by atoms with Gasteiger partial charge in [-0.3, -0.25) is 9.59 Å². The van der Waals surface area contributed by atoms with Gasteiger partial charge in [-0.2, -0.15) is 0 Å². The van der Waals surface area contributed by atoms with Crippen LogP contribution in [0.3, 0.4) is 0 Å². The van der Waals surface area contributed by atoms with Crippen molar-refractivity contribution < 1.29 is 19.1 Å². The highest BCUT2D eigenvalue weighted by molar-refractivity contribution is 5.72. The number of ether oxygens (including phenoxy) is 2. The monoisotopic (exact) mass is 290 g/mol. The van der Waals surface area contributed by atoms with Gasteiger partial charge in [-0.05, 0) is 36.8 Å². The van der Waals surface area contributed by atoms with Crippen LogP contribution < -0.4 is 0 Å². The van der Waals surface area contributed by atoms with Crippen LogP contribution in [0.2, 0.25) is 0 Å². The molecule has 114 valence electrons. The number of fused-ring (bicyclic) bond motifs is 1. The van der Waals surface area contributed by atoms with Crippen molar-refractivity contribution in [1.29, 1.82) is 0 Å². The molecule has 0 heterocycles. The van der Waals surface area contributed by atoms with E-state index in [9.17, 15) is 9.59 Å². The SMILES string of the molecule is COC(=O)CCCC1(CC(=O)OC)CCc2ccccc21. The van der Waals surface area contributed by atoms with E-state index in [0.29, 0.717) is 12.8 Å². The van der Waals surface area contributed by atoms with Crippen LogP contribution in [0, 0.1) is 0 Å². The van der Waals surface area contributed by atoms with Crippen LogP contribution in [-0.4, -0.2) is 26.2 Å². The summed E-state index contributed by atoms with van der Waals surface area (Å²) >= 11 is 0. The van der Waals surface area contributed by atoms with Crippen LogP contribution in [-0.2, 0) is 30.9 Å². The maximum atomic E-state index is 11.8. The van der Waals surface area contributed by atoms with Crippen molar-refractivity contribution in [3.05, 3.63) is 35.4 Å². The van der Waals surface area contributed by atoms with Gasteiger partial charge in [0.2, 0.25) is 0 Å². The lowest BCUT2D eigenvalue weighted by Crippen LogP contribution is -2.27. The number of carbonyl (C=O) groups excluding carboxylic acids is 2. The summed E-state index contributed by atoms with van der Waals surface area (Å²) in [6.07, 6.45) is 4.20. The second-order valence-corrected chi connectivity index (χ2v) is 5.62. The minimum Gasteiger partial charge on any atom is -0.469 e. The molecule has 0 spiro atoms. The molecule has 1 aliphatic carbocycles. The van der Waals surface area contributed by atoms with E-state index in [-0.39, 0.29) is 17.4 Å². The van der Waals surface area contributed by atoms with Crippen LogP contribution in [0.4, 0.5) is 0 Å². The summed E-state index contributed by atoms with van der Waals surface area (Å²) in [4.78, 5) is 23.1. The number of methoxy groups -OCH3 is 2. The fourth-order valence-corrected chi connectivity index (χ4v) is 3.32. The summed E-state index contributed by atoms with van der Waals surface area (Å²) < 4.78 is 9.56. The maximum Gasteiger partial charge on any atom is 0.306 e. The van der Waals surface area contributed by atoms with Crippen LogP contribution >= 0.6 is 0 Å². The Morgan fingerprint density at radius 1 is 1.14 bits per heavy atom. The molecular formula is C17H22O4. The average Bonchev–Trinajstić information content (AvgIpc) is 2.86. The molecule has 0 aromatic heterocycles. The van der Waals surface area contributed by atoms with Crippen LogP contribution in [0.15, 0.2) is 24.3 Å². The third-order valence-corrected chi connectivity index (χ3v) is 4.44. The Labute approximate surface area is 125 Å². The molecule has 0 saturated heterocycles.